The molecule has 0 aromatic heterocycles. The van der Waals surface area contributed by atoms with Crippen LogP contribution in [0.4, 0.5) is 0 Å². The molecule has 0 atom stereocenters. The molecule has 0 aliphatic rings. The van der Waals surface area contributed by atoms with Gasteiger partial charge in [0, 0.05) is 0 Å². The van der Waals surface area contributed by atoms with Crippen molar-refractivity contribution in [2.75, 3.05) is 0 Å². The minimum atomic E-state index is 0. The third kappa shape index (κ3) is 10.4. The summed E-state index contributed by atoms with van der Waals surface area (Å²) < 4.78 is 0. The molecule has 3 heteroatoms. The molecule has 23 heavy (non-hydrogen) atoms. The van der Waals surface area contributed by atoms with Gasteiger partial charge in [-0.05, 0) is 35.8 Å². The van der Waals surface area contributed by atoms with Crippen LogP contribution < -0.4 is 10.2 Å². The van der Waals surface area contributed by atoms with Gasteiger partial charge >= 0.3 is 27.3 Å². The molecule has 2 aromatic carbocycles. The van der Waals surface area contributed by atoms with E-state index in [1.54, 1.807) is 24.3 Å². The van der Waals surface area contributed by atoms with Crippen LogP contribution in [0.1, 0.15) is 38.8 Å². The van der Waals surface area contributed by atoms with Gasteiger partial charge in [-0.3, -0.25) is 0 Å². The third-order valence-electron chi connectivity index (χ3n) is 3.08. The van der Waals surface area contributed by atoms with Gasteiger partial charge in [0.05, 0.1) is 0 Å². The first-order valence-corrected chi connectivity index (χ1v) is 7.88. The van der Waals surface area contributed by atoms with Gasteiger partial charge < -0.3 is 10.2 Å². The van der Waals surface area contributed by atoms with Crippen LogP contribution in [-0.4, -0.2) is 0 Å². The van der Waals surface area contributed by atoms with Crippen LogP contribution in [0.2, 0.25) is 0 Å². The van der Waals surface area contributed by atoms with E-state index in [9.17, 15) is 10.2 Å². The van der Waals surface area contributed by atoms with E-state index in [-0.39, 0.29) is 38.8 Å². The molecule has 0 saturated carbocycles. The van der Waals surface area contributed by atoms with E-state index in [2.05, 4.69) is 27.7 Å². The summed E-state index contributed by atoms with van der Waals surface area (Å²) in [6.45, 7) is 8.60. The van der Waals surface area contributed by atoms with E-state index in [4.69, 9.17) is 0 Å². The molecule has 2 aromatic rings. The van der Waals surface area contributed by atoms with Crippen LogP contribution in [0.15, 0.2) is 48.5 Å². The minimum absolute atomic E-state index is 0. The second-order valence-electron chi connectivity index (χ2n) is 6.49. The maximum Gasteiger partial charge on any atom is 2.00 e. The standard InChI is InChI=1S/2C10H14O.Cd/c2*1-8(2)6-9-4-3-5-10(11)7-9;/h2*3-5,7-8,11H,6H2,1-2H3;/q;;+2/p-2. The molecule has 0 N–H and O–H groups in total. The van der Waals surface area contributed by atoms with Gasteiger partial charge in [-0.1, -0.05) is 76.2 Å². The zero-order valence-corrected chi connectivity index (χ0v) is 18.7. The molecule has 0 aliphatic carbocycles. The van der Waals surface area contributed by atoms with Crippen molar-refractivity contribution in [3.05, 3.63) is 59.7 Å². The van der Waals surface area contributed by atoms with Crippen LogP contribution in [0.5, 0.6) is 11.5 Å². The van der Waals surface area contributed by atoms with Gasteiger partial charge in [0.2, 0.25) is 0 Å². The summed E-state index contributed by atoms with van der Waals surface area (Å²) in [6.07, 6.45) is 1.99. The minimum Gasteiger partial charge on any atom is -0.872 e. The van der Waals surface area contributed by atoms with Gasteiger partial charge in [-0.15, -0.1) is 11.5 Å². The summed E-state index contributed by atoms with van der Waals surface area (Å²) in [5.74, 6) is 1.47. The SMILES string of the molecule is CC(C)Cc1cccc([O-])c1.CC(C)Cc1cccc([O-])c1.[Cd+2]. The molecule has 0 spiro atoms. The van der Waals surface area contributed by atoms with Crippen molar-refractivity contribution in [3.8, 4) is 11.5 Å². The molecule has 120 valence electrons. The normalized spacial score (nSPS) is 10.0. The molecular formula is C20H26CdO2. The molecule has 0 bridgehead atoms. The fraction of sp³-hybridized carbons (Fsp3) is 0.400. The van der Waals surface area contributed by atoms with Crippen molar-refractivity contribution in [1.82, 2.24) is 0 Å². The van der Waals surface area contributed by atoms with Gasteiger partial charge in [-0.2, -0.15) is 0 Å². The summed E-state index contributed by atoms with van der Waals surface area (Å²) in [4.78, 5) is 0. The van der Waals surface area contributed by atoms with Gasteiger partial charge in [0.15, 0.2) is 0 Å². The summed E-state index contributed by atoms with van der Waals surface area (Å²) in [5, 5.41) is 21.7. The number of benzene rings is 2. The fourth-order valence-corrected chi connectivity index (χ4v) is 2.29. The molecule has 0 amide bonds. The Kier molecular flexibility index (Phi) is 11.0. The Bertz CT molecular complexity index is 514. The van der Waals surface area contributed by atoms with Crippen LogP contribution in [-0.2, 0) is 40.1 Å². The van der Waals surface area contributed by atoms with Crippen LogP contribution >= 0.6 is 0 Å². The Morgan fingerprint density at radius 2 is 1.04 bits per heavy atom. The third-order valence-corrected chi connectivity index (χ3v) is 3.08. The van der Waals surface area contributed by atoms with E-state index in [0.29, 0.717) is 11.8 Å². The van der Waals surface area contributed by atoms with Crippen LogP contribution in [0.3, 0.4) is 0 Å². The summed E-state index contributed by atoms with van der Waals surface area (Å²) in [7, 11) is 0. The Morgan fingerprint density at radius 3 is 1.30 bits per heavy atom. The van der Waals surface area contributed by atoms with Crippen molar-refractivity contribution in [3.63, 3.8) is 0 Å². The Hall–Kier alpha value is -1.04. The Balaban J connectivity index is 0.000000403. The molecule has 0 radical (unpaired) electrons. The van der Waals surface area contributed by atoms with Crippen molar-refractivity contribution < 1.29 is 37.5 Å². The topological polar surface area (TPSA) is 46.1 Å². The zero-order valence-electron chi connectivity index (χ0n) is 14.7. The molecule has 0 heterocycles. The predicted molar refractivity (Wildman–Crippen MR) is 88.9 cm³/mol. The predicted octanol–water partition coefficient (Wildman–Crippen LogP) is 3.91. The molecule has 0 saturated heterocycles. The van der Waals surface area contributed by atoms with Crippen molar-refractivity contribution in [1.29, 1.82) is 0 Å². The first-order chi connectivity index (χ1) is 10.4. The van der Waals surface area contributed by atoms with E-state index in [1.165, 1.54) is 0 Å². The number of hydrogen-bond donors (Lipinski definition) is 0. The molecular weight excluding hydrogens is 385 g/mol. The average Bonchev–Trinajstić information content (AvgIpc) is 2.37. The van der Waals surface area contributed by atoms with Crippen LogP contribution in [0.25, 0.3) is 0 Å². The summed E-state index contributed by atoms with van der Waals surface area (Å²) in [5.41, 5.74) is 2.29. The Morgan fingerprint density at radius 1 is 0.696 bits per heavy atom. The fourth-order valence-electron chi connectivity index (χ4n) is 2.29. The van der Waals surface area contributed by atoms with E-state index < -0.39 is 0 Å². The van der Waals surface area contributed by atoms with Gasteiger partial charge in [-0.25, -0.2) is 0 Å². The number of rotatable bonds is 4. The van der Waals surface area contributed by atoms with Crippen molar-refractivity contribution >= 4 is 0 Å². The van der Waals surface area contributed by atoms with Crippen molar-refractivity contribution in [2.24, 2.45) is 11.8 Å². The maximum absolute atomic E-state index is 10.9. The molecule has 2 rings (SSSR count). The monoisotopic (exact) mass is 412 g/mol. The molecule has 0 unspecified atom stereocenters. The van der Waals surface area contributed by atoms with Gasteiger partial charge in [0.25, 0.3) is 0 Å². The summed E-state index contributed by atoms with van der Waals surface area (Å²) in [6, 6.07) is 14.2. The Labute approximate surface area is 160 Å². The largest absolute Gasteiger partial charge is 2.00 e. The second kappa shape index (κ2) is 11.5. The van der Waals surface area contributed by atoms with E-state index in [1.807, 2.05) is 24.3 Å². The average molecular weight is 411 g/mol. The van der Waals surface area contributed by atoms with E-state index >= 15 is 0 Å². The molecule has 2 nitrogen and oxygen atoms in total. The second-order valence-corrected chi connectivity index (χ2v) is 6.49. The summed E-state index contributed by atoms with van der Waals surface area (Å²) >= 11 is 0. The smallest absolute Gasteiger partial charge is 0.872 e. The van der Waals surface area contributed by atoms with Crippen LogP contribution in [0, 0.1) is 11.8 Å². The molecule has 0 fully saturated rings. The quantitative estimate of drug-likeness (QED) is 0.717. The zero-order chi connectivity index (χ0) is 16.5. The first kappa shape index (κ1) is 22.0. The molecule has 0 aliphatic heterocycles. The first-order valence-electron chi connectivity index (χ1n) is 7.88. The van der Waals surface area contributed by atoms with Crippen molar-refractivity contribution in [2.45, 2.75) is 40.5 Å². The number of hydrogen-bond acceptors (Lipinski definition) is 2. The van der Waals surface area contributed by atoms with E-state index in [0.717, 1.165) is 24.0 Å². The maximum atomic E-state index is 10.9. The van der Waals surface area contributed by atoms with Gasteiger partial charge in [0.1, 0.15) is 0 Å².